The summed E-state index contributed by atoms with van der Waals surface area (Å²) in [6, 6.07) is 5.09. The normalized spacial score (nSPS) is 25.8. The third-order valence-electron chi connectivity index (χ3n) is 6.42. The van der Waals surface area contributed by atoms with Gasteiger partial charge >= 0.3 is 6.18 Å². The van der Waals surface area contributed by atoms with Gasteiger partial charge in [-0.1, -0.05) is 13.0 Å². The standard InChI is InChI=1S/C23H26F4N2O5/c1-11-15(24)6-5-14(19(11)33-4)18-12(2)22(3,23(25,26)27)34-20(18)21(32)29-13-7-8-28-16(9-13)17(31)10-30/h5-9,12,17-18,20,30-31H,10H2,1-4H3,(H,28,29,32)/t12-,17-,18-,20+,22+/m0/s1. The molecule has 1 aliphatic heterocycles. The zero-order valence-electron chi connectivity index (χ0n) is 19.0. The number of anilines is 1. The molecule has 3 N–H and O–H groups in total. The van der Waals surface area contributed by atoms with Crippen LogP contribution in [0.2, 0.25) is 0 Å². The number of pyridine rings is 1. The van der Waals surface area contributed by atoms with Crippen molar-refractivity contribution in [1.29, 1.82) is 0 Å². The van der Waals surface area contributed by atoms with Gasteiger partial charge in [-0.05, 0) is 32.0 Å². The van der Waals surface area contributed by atoms with Crippen LogP contribution in [0.15, 0.2) is 30.5 Å². The Kier molecular flexibility index (Phi) is 7.20. The summed E-state index contributed by atoms with van der Waals surface area (Å²) in [4.78, 5) is 17.1. The minimum absolute atomic E-state index is 0.0435. The van der Waals surface area contributed by atoms with Crippen molar-refractivity contribution >= 4 is 11.6 Å². The van der Waals surface area contributed by atoms with Gasteiger partial charge < -0.3 is 25.0 Å². The zero-order chi connectivity index (χ0) is 25.4. The van der Waals surface area contributed by atoms with Crippen molar-refractivity contribution in [2.75, 3.05) is 19.0 Å². The van der Waals surface area contributed by atoms with Crippen LogP contribution in [-0.2, 0) is 9.53 Å². The van der Waals surface area contributed by atoms with Crippen molar-refractivity contribution in [3.63, 3.8) is 0 Å². The Hall–Kier alpha value is -2.76. The molecule has 5 atom stereocenters. The van der Waals surface area contributed by atoms with Crippen LogP contribution in [0.3, 0.4) is 0 Å². The van der Waals surface area contributed by atoms with E-state index in [0.29, 0.717) is 0 Å². The third kappa shape index (κ3) is 4.47. The molecule has 34 heavy (non-hydrogen) atoms. The number of carbonyl (C=O) groups is 1. The van der Waals surface area contributed by atoms with E-state index in [1.807, 2.05) is 0 Å². The van der Waals surface area contributed by atoms with Crippen molar-refractivity contribution in [2.45, 2.75) is 50.7 Å². The maximum absolute atomic E-state index is 14.1. The maximum Gasteiger partial charge on any atom is 0.417 e. The number of halogens is 4. The summed E-state index contributed by atoms with van der Waals surface area (Å²) in [6.45, 7) is 3.03. The van der Waals surface area contributed by atoms with Crippen LogP contribution in [0.1, 0.15) is 42.7 Å². The lowest BCUT2D eigenvalue weighted by Gasteiger charge is -2.32. The van der Waals surface area contributed by atoms with Gasteiger partial charge in [0.25, 0.3) is 5.91 Å². The summed E-state index contributed by atoms with van der Waals surface area (Å²) in [6.07, 6.45) is -6.42. The number of alkyl halides is 3. The SMILES string of the molecule is COc1c([C@H]2[C@H](C(=O)Nc3ccnc([C@@H](O)CO)c3)O[C@@](C)(C(F)(F)F)[C@H]2C)ccc(F)c1C. The monoisotopic (exact) mass is 486 g/mol. The third-order valence-corrected chi connectivity index (χ3v) is 6.42. The van der Waals surface area contributed by atoms with Crippen LogP contribution in [0.4, 0.5) is 23.2 Å². The number of ether oxygens (including phenoxy) is 2. The zero-order valence-corrected chi connectivity index (χ0v) is 19.0. The number of aromatic nitrogens is 1. The molecule has 1 fully saturated rings. The first-order valence-electron chi connectivity index (χ1n) is 10.5. The predicted octanol–water partition coefficient (Wildman–Crippen LogP) is 3.64. The summed E-state index contributed by atoms with van der Waals surface area (Å²) in [5.74, 6) is -3.78. The Morgan fingerprint density at radius 1 is 1.35 bits per heavy atom. The highest BCUT2D eigenvalue weighted by atomic mass is 19.4. The van der Waals surface area contributed by atoms with Crippen molar-refractivity contribution in [3.05, 3.63) is 53.1 Å². The number of benzene rings is 1. The van der Waals surface area contributed by atoms with E-state index in [2.05, 4.69) is 10.3 Å². The Morgan fingerprint density at radius 3 is 2.62 bits per heavy atom. The molecular weight excluding hydrogens is 460 g/mol. The van der Waals surface area contributed by atoms with E-state index in [1.54, 1.807) is 0 Å². The average Bonchev–Trinajstić information content (AvgIpc) is 3.07. The molecule has 1 amide bonds. The number of nitrogens with zero attached hydrogens (tertiary/aromatic N) is 1. The lowest BCUT2D eigenvalue weighted by Crippen LogP contribution is -2.47. The molecule has 2 aromatic rings. The van der Waals surface area contributed by atoms with Gasteiger partial charge in [-0.15, -0.1) is 0 Å². The lowest BCUT2D eigenvalue weighted by molar-refractivity contribution is -0.272. The van der Waals surface area contributed by atoms with Gasteiger partial charge in [0.1, 0.15) is 23.8 Å². The molecule has 11 heteroatoms. The van der Waals surface area contributed by atoms with Gasteiger partial charge in [-0.3, -0.25) is 9.78 Å². The minimum Gasteiger partial charge on any atom is -0.496 e. The summed E-state index contributed by atoms with van der Waals surface area (Å²) >= 11 is 0. The van der Waals surface area contributed by atoms with E-state index in [0.717, 1.165) is 13.0 Å². The van der Waals surface area contributed by atoms with Gasteiger partial charge in [-0.2, -0.15) is 13.2 Å². The van der Waals surface area contributed by atoms with Crippen molar-refractivity contribution in [3.8, 4) is 5.75 Å². The van der Waals surface area contributed by atoms with Crippen LogP contribution < -0.4 is 10.1 Å². The molecule has 3 rings (SSSR count). The molecule has 2 heterocycles. The second-order valence-corrected chi connectivity index (χ2v) is 8.41. The number of hydrogen-bond acceptors (Lipinski definition) is 6. The van der Waals surface area contributed by atoms with Crippen molar-refractivity contribution in [2.24, 2.45) is 5.92 Å². The number of methoxy groups -OCH3 is 1. The number of aliphatic hydroxyl groups is 2. The molecule has 0 aliphatic carbocycles. The molecule has 7 nitrogen and oxygen atoms in total. The first-order chi connectivity index (χ1) is 15.9. The van der Waals surface area contributed by atoms with E-state index in [-0.39, 0.29) is 28.3 Å². The molecule has 1 aromatic heterocycles. The van der Waals surface area contributed by atoms with Gasteiger partial charge in [-0.25, -0.2) is 4.39 Å². The highest BCUT2D eigenvalue weighted by Gasteiger charge is 2.65. The average molecular weight is 486 g/mol. The fourth-order valence-corrected chi connectivity index (χ4v) is 4.26. The Morgan fingerprint density at radius 2 is 2.03 bits per heavy atom. The largest absolute Gasteiger partial charge is 0.496 e. The van der Waals surface area contributed by atoms with Gasteiger partial charge in [0, 0.05) is 34.8 Å². The molecule has 1 aromatic carbocycles. The quantitative estimate of drug-likeness (QED) is 0.539. The van der Waals surface area contributed by atoms with E-state index < -0.39 is 54.2 Å². The topological polar surface area (TPSA) is 101 Å². The lowest BCUT2D eigenvalue weighted by atomic mass is 9.76. The summed E-state index contributed by atoms with van der Waals surface area (Å²) in [5.41, 5.74) is -2.14. The van der Waals surface area contributed by atoms with E-state index >= 15 is 0 Å². The van der Waals surface area contributed by atoms with Crippen molar-refractivity contribution in [1.82, 2.24) is 4.98 Å². The molecule has 0 radical (unpaired) electrons. The molecule has 0 saturated carbocycles. The Balaban J connectivity index is 2.05. The molecule has 1 saturated heterocycles. The van der Waals surface area contributed by atoms with Crippen LogP contribution in [-0.4, -0.2) is 52.7 Å². The summed E-state index contributed by atoms with van der Waals surface area (Å²) in [5, 5.41) is 21.4. The Labute approximate surface area is 193 Å². The van der Waals surface area contributed by atoms with Crippen LogP contribution >= 0.6 is 0 Å². The fraction of sp³-hybridized carbons (Fsp3) is 0.478. The van der Waals surface area contributed by atoms with Crippen LogP contribution in [0, 0.1) is 18.7 Å². The fourth-order valence-electron chi connectivity index (χ4n) is 4.26. The van der Waals surface area contributed by atoms with Crippen LogP contribution in [0.5, 0.6) is 5.75 Å². The highest BCUT2D eigenvalue weighted by Crippen LogP contribution is 2.55. The van der Waals surface area contributed by atoms with Crippen molar-refractivity contribution < 1.29 is 42.0 Å². The number of hydrogen-bond donors (Lipinski definition) is 3. The number of nitrogens with one attached hydrogen (secondary N) is 1. The number of rotatable bonds is 6. The molecule has 1 aliphatic rings. The minimum atomic E-state index is -4.79. The van der Waals surface area contributed by atoms with E-state index in [9.17, 15) is 27.5 Å². The molecule has 186 valence electrons. The van der Waals surface area contributed by atoms with Gasteiger partial charge in [0.15, 0.2) is 5.60 Å². The number of aliphatic hydroxyl groups excluding tert-OH is 2. The summed E-state index contributed by atoms with van der Waals surface area (Å²) in [7, 11) is 1.27. The molecule has 0 spiro atoms. The predicted molar refractivity (Wildman–Crippen MR) is 114 cm³/mol. The summed E-state index contributed by atoms with van der Waals surface area (Å²) < 4.78 is 67.0. The maximum atomic E-state index is 14.1. The number of amides is 1. The first kappa shape index (κ1) is 25.9. The van der Waals surface area contributed by atoms with Crippen LogP contribution in [0.25, 0.3) is 0 Å². The van der Waals surface area contributed by atoms with Gasteiger partial charge in [0.05, 0.1) is 19.4 Å². The molecular formula is C23H26F4N2O5. The Bertz CT molecular complexity index is 1060. The van der Waals surface area contributed by atoms with E-state index in [4.69, 9.17) is 14.6 Å². The smallest absolute Gasteiger partial charge is 0.417 e. The second-order valence-electron chi connectivity index (χ2n) is 8.41. The first-order valence-corrected chi connectivity index (χ1v) is 10.5. The van der Waals surface area contributed by atoms with E-state index in [1.165, 1.54) is 45.4 Å². The van der Waals surface area contributed by atoms with Gasteiger partial charge in [0.2, 0.25) is 0 Å². The second kappa shape index (κ2) is 9.47. The molecule has 0 bridgehead atoms. The number of carbonyl (C=O) groups excluding carboxylic acids is 1. The molecule has 0 unspecified atom stereocenters. The highest BCUT2D eigenvalue weighted by molar-refractivity contribution is 5.95.